The van der Waals surface area contributed by atoms with Gasteiger partial charge in [0.2, 0.25) is 5.13 Å². The standard InChI is InChI=1S/C9H8ClN3S/c10-5-7-2-1-3-8(4-7)12-9-13-11-6-14-9/h1-4,6H,5H2,(H,12,13). The Bertz CT molecular complexity index is 402. The summed E-state index contributed by atoms with van der Waals surface area (Å²) < 4.78 is 0. The average molecular weight is 226 g/mol. The van der Waals surface area contributed by atoms with Crippen molar-refractivity contribution in [2.75, 3.05) is 5.32 Å². The second-order valence-corrected chi connectivity index (χ2v) is 3.80. The summed E-state index contributed by atoms with van der Waals surface area (Å²) in [5.74, 6) is 0.519. The number of nitrogens with one attached hydrogen (secondary N) is 1. The van der Waals surface area contributed by atoms with Gasteiger partial charge in [0.25, 0.3) is 0 Å². The molecule has 0 aliphatic heterocycles. The summed E-state index contributed by atoms with van der Waals surface area (Å²) >= 11 is 7.19. The topological polar surface area (TPSA) is 37.8 Å². The normalized spacial score (nSPS) is 10.1. The van der Waals surface area contributed by atoms with Gasteiger partial charge in [0, 0.05) is 11.6 Å². The van der Waals surface area contributed by atoms with Gasteiger partial charge in [-0.2, -0.15) is 0 Å². The molecule has 72 valence electrons. The number of hydrogen-bond acceptors (Lipinski definition) is 4. The Morgan fingerprint density at radius 2 is 2.36 bits per heavy atom. The summed E-state index contributed by atoms with van der Waals surface area (Å²) in [5.41, 5.74) is 3.76. The van der Waals surface area contributed by atoms with Gasteiger partial charge in [0.05, 0.1) is 0 Å². The number of alkyl halides is 1. The van der Waals surface area contributed by atoms with Crippen molar-refractivity contribution in [2.45, 2.75) is 5.88 Å². The molecule has 1 N–H and O–H groups in total. The molecule has 3 nitrogen and oxygen atoms in total. The maximum absolute atomic E-state index is 5.73. The molecule has 5 heteroatoms. The highest BCUT2D eigenvalue weighted by atomic mass is 35.5. The summed E-state index contributed by atoms with van der Waals surface area (Å²) in [6.45, 7) is 0. The third-order valence-corrected chi connectivity index (χ3v) is 2.61. The van der Waals surface area contributed by atoms with Gasteiger partial charge in [-0.3, -0.25) is 0 Å². The van der Waals surface area contributed by atoms with E-state index in [9.17, 15) is 0 Å². The number of hydrogen-bond donors (Lipinski definition) is 1. The molecule has 0 spiro atoms. The molecule has 1 heterocycles. The van der Waals surface area contributed by atoms with E-state index in [1.807, 2.05) is 24.3 Å². The predicted octanol–water partition coefficient (Wildman–Crippen LogP) is 3.02. The van der Waals surface area contributed by atoms with Crippen LogP contribution in [0.3, 0.4) is 0 Å². The van der Waals surface area contributed by atoms with Gasteiger partial charge in [-0.25, -0.2) is 0 Å². The van der Waals surface area contributed by atoms with Crippen LogP contribution in [0.1, 0.15) is 5.56 Å². The largest absolute Gasteiger partial charge is 0.330 e. The van der Waals surface area contributed by atoms with Crippen LogP contribution in [0, 0.1) is 0 Å². The van der Waals surface area contributed by atoms with Crippen LogP contribution < -0.4 is 5.32 Å². The zero-order valence-corrected chi connectivity index (χ0v) is 8.85. The minimum atomic E-state index is 0.519. The van der Waals surface area contributed by atoms with E-state index in [2.05, 4.69) is 15.5 Å². The van der Waals surface area contributed by atoms with E-state index in [-0.39, 0.29) is 0 Å². The first-order valence-corrected chi connectivity index (χ1v) is 5.48. The van der Waals surface area contributed by atoms with Crippen LogP contribution in [0.4, 0.5) is 10.8 Å². The quantitative estimate of drug-likeness (QED) is 0.816. The summed E-state index contributed by atoms with van der Waals surface area (Å²) in [7, 11) is 0. The molecule has 0 bridgehead atoms. The lowest BCUT2D eigenvalue weighted by atomic mass is 10.2. The lowest BCUT2D eigenvalue weighted by Gasteiger charge is -2.02. The first-order valence-electron chi connectivity index (χ1n) is 4.06. The smallest absolute Gasteiger partial charge is 0.209 e. The Labute approximate surface area is 90.8 Å². The van der Waals surface area contributed by atoms with Gasteiger partial charge in [-0.1, -0.05) is 23.5 Å². The van der Waals surface area contributed by atoms with Gasteiger partial charge >= 0.3 is 0 Å². The van der Waals surface area contributed by atoms with Crippen LogP contribution in [-0.4, -0.2) is 10.2 Å². The molecule has 0 radical (unpaired) electrons. The molecular weight excluding hydrogens is 218 g/mol. The fourth-order valence-corrected chi connectivity index (χ4v) is 1.71. The van der Waals surface area contributed by atoms with E-state index in [0.717, 1.165) is 16.4 Å². The highest BCUT2D eigenvalue weighted by Gasteiger charge is 1.98. The van der Waals surface area contributed by atoms with Gasteiger partial charge in [0.15, 0.2) is 0 Å². The molecule has 2 aromatic rings. The van der Waals surface area contributed by atoms with Gasteiger partial charge < -0.3 is 5.32 Å². The Kier molecular flexibility index (Phi) is 2.96. The summed E-state index contributed by atoms with van der Waals surface area (Å²) in [4.78, 5) is 0. The maximum Gasteiger partial charge on any atom is 0.209 e. The van der Waals surface area contributed by atoms with E-state index < -0.39 is 0 Å². The summed E-state index contributed by atoms with van der Waals surface area (Å²) in [5, 5.41) is 11.6. The van der Waals surface area contributed by atoms with Gasteiger partial charge in [-0.05, 0) is 17.7 Å². The monoisotopic (exact) mass is 225 g/mol. The Hall–Kier alpha value is -1.13. The van der Waals surface area contributed by atoms with E-state index in [4.69, 9.17) is 11.6 Å². The zero-order valence-electron chi connectivity index (χ0n) is 7.27. The lowest BCUT2D eigenvalue weighted by molar-refractivity contribution is 1.09. The molecule has 14 heavy (non-hydrogen) atoms. The minimum absolute atomic E-state index is 0.519. The molecule has 0 aliphatic carbocycles. The van der Waals surface area contributed by atoms with Crippen LogP contribution in [0.2, 0.25) is 0 Å². The Morgan fingerprint density at radius 1 is 1.43 bits per heavy atom. The molecule has 1 aromatic carbocycles. The second kappa shape index (κ2) is 4.39. The molecule has 1 aromatic heterocycles. The van der Waals surface area contributed by atoms with Gasteiger partial charge in [0.1, 0.15) is 5.51 Å². The van der Waals surface area contributed by atoms with Crippen molar-refractivity contribution < 1.29 is 0 Å². The van der Waals surface area contributed by atoms with Gasteiger partial charge in [-0.15, -0.1) is 21.8 Å². The van der Waals surface area contributed by atoms with Crippen molar-refractivity contribution in [2.24, 2.45) is 0 Å². The predicted molar refractivity (Wildman–Crippen MR) is 59.2 cm³/mol. The highest BCUT2D eigenvalue weighted by molar-refractivity contribution is 7.13. The Morgan fingerprint density at radius 3 is 3.07 bits per heavy atom. The molecule has 0 fully saturated rings. The highest BCUT2D eigenvalue weighted by Crippen LogP contribution is 2.18. The third kappa shape index (κ3) is 2.21. The fourth-order valence-electron chi connectivity index (χ4n) is 1.08. The molecular formula is C9H8ClN3S. The zero-order chi connectivity index (χ0) is 9.80. The van der Waals surface area contributed by atoms with Crippen molar-refractivity contribution in [1.29, 1.82) is 0 Å². The van der Waals surface area contributed by atoms with Crippen LogP contribution in [-0.2, 0) is 5.88 Å². The number of nitrogens with zero attached hydrogens (tertiary/aromatic N) is 2. The molecule has 0 unspecified atom stereocenters. The summed E-state index contributed by atoms with van der Waals surface area (Å²) in [6.07, 6.45) is 0. The summed E-state index contributed by atoms with van der Waals surface area (Å²) in [6, 6.07) is 7.91. The number of benzene rings is 1. The average Bonchev–Trinajstić information content (AvgIpc) is 2.71. The van der Waals surface area contributed by atoms with Crippen molar-refractivity contribution in [3.8, 4) is 0 Å². The van der Waals surface area contributed by atoms with Crippen LogP contribution >= 0.6 is 22.9 Å². The van der Waals surface area contributed by atoms with E-state index >= 15 is 0 Å². The SMILES string of the molecule is ClCc1cccc(Nc2nncs2)c1. The molecule has 0 amide bonds. The molecule has 0 aliphatic rings. The fraction of sp³-hybridized carbons (Fsp3) is 0.111. The van der Waals surface area contributed by atoms with Crippen molar-refractivity contribution >= 4 is 33.8 Å². The lowest BCUT2D eigenvalue weighted by Crippen LogP contribution is -1.90. The third-order valence-electron chi connectivity index (χ3n) is 1.69. The number of aromatic nitrogens is 2. The van der Waals surface area contributed by atoms with Crippen molar-refractivity contribution in [3.63, 3.8) is 0 Å². The number of rotatable bonds is 3. The number of anilines is 2. The van der Waals surface area contributed by atoms with E-state index in [0.29, 0.717) is 5.88 Å². The second-order valence-electron chi connectivity index (χ2n) is 2.70. The number of halogens is 1. The minimum Gasteiger partial charge on any atom is -0.330 e. The molecule has 0 saturated heterocycles. The molecule has 0 saturated carbocycles. The van der Waals surface area contributed by atoms with Crippen molar-refractivity contribution in [1.82, 2.24) is 10.2 Å². The van der Waals surface area contributed by atoms with Crippen LogP contribution in [0.15, 0.2) is 29.8 Å². The van der Waals surface area contributed by atoms with Crippen LogP contribution in [0.25, 0.3) is 0 Å². The Balaban J connectivity index is 2.17. The van der Waals surface area contributed by atoms with E-state index in [1.54, 1.807) is 5.51 Å². The van der Waals surface area contributed by atoms with E-state index in [1.165, 1.54) is 11.3 Å². The maximum atomic E-state index is 5.73. The van der Waals surface area contributed by atoms with Crippen LogP contribution in [0.5, 0.6) is 0 Å². The first-order chi connectivity index (χ1) is 6.88. The molecule has 0 atom stereocenters. The first kappa shape index (κ1) is 9.43. The van der Waals surface area contributed by atoms with Crippen molar-refractivity contribution in [3.05, 3.63) is 35.3 Å². The molecule has 2 rings (SSSR count).